The van der Waals surface area contributed by atoms with Gasteiger partial charge in [0.15, 0.2) is 0 Å². The number of hydrogen-bond acceptors (Lipinski definition) is 4. The molecule has 0 aliphatic heterocycles. The monoisotopic (exact) mass is 277 g/mol. The molecule has 1 atom stereocenters. The standard InChI is InChI=1S/C14H15NO3S/c1-9(7-13(16)18-2)19-12-8-10-5-3-4-6-11(10)14(17)15-12/h3-6,8-9H,7H2,1-2H3,(H,15,17). The summed E-state index contributed by atoms with van der Waals surface area (Å²) in [6, 6.07) is 9.35. The Morgan fingerprint density at radius 1 is 1.42 bits per heavy atom. The zero-order valence-electron chi connectivity index (χ0n) is 10.8. The third-order valence-corrected chi connectivity index (χ3v) is 3.78. The third-order valence-electron chi connectivity index (χ3n) is 2.74. The second-order valence-electron chi connectivity index (χ2n) is 4.26. The van der Waals surface area contributed by atoms with Gasteiger partial charge in [0.25, 0.3) is 5.56 Å². The van der Waals surface area contributed by atoms with Gasteiger partial charge in [0.2, 0.25) is 0 Å². The summed E-state index contributed by atoms with van der Waals surface area (Å²) < 4.78 is 4.63. The lowest BCUT2D eigenvalue weighted by Crippen LogP contribution is -2.11. The Bertz CT molecular complexity index is 650. The van der Waals surface area contributed by atoms with Crippen LogP contribution in [-0.2, 0) is 9.53 Å². The second kappa shape index (κ2) is 5.93. The van der Waals surface area contributed by atoms with Gasteiger partial charge in [0.1, 0.15) is 0 Å². The Labute approximate surface area is 115 Å². The van der Waals surface area contributed by atoms with E-state index in [9.17, 15) is 9.59 Å². The Hall–Kier alpha value is -1.75. The van der Waals surface area contributed by atoms with Crippen molar-refractivity contribution in [3.05, 3.63) is 40.7 Å². The van der Waals surface area contributed by atoms with E-state index in [-0.39, 0.29) is 16.8 Å². The first-order valence-electron chi connectivity index (χ1n) is 5.95. The van der Waals surface area contributed by atoms with Gasteiger partial charge in [-0.05, 0) is 17.5 Å². The van der Waals surface area contributed by atoms with Crippen molar-refractivity contribution in [1.82, 2.24) is 4.98 Å². The topological polar surface area (TPSA) is 59.2 Å². The average molecular weight is 277 g/mol. The number of ether oxygens (including phenoxy) is 1. The van der Waals surface area contributed by atoms with Crippen LogP contribution in [0.4, 0.5) is 0 Å². The fourth-order valence-electron chi connectivity index (χ4n) is 1.83. The van der Waals surface area contributed by atoms with Crippen LogP contribution in [-0.4, -0.2) is 23.3 Å². The van der Waals surface area contributed by atoms with Crippen molar-refractivity contribution in [3.63, 3.8) is 0 Å². The predicted octanol–water partition coefficient (Wildman–Crippen LogP) is 2.57. The molecule has 0 saturated heterocycles. The molecule has 1 N–H and O–H groups in total. The van der Waals surface area contributed by atoms with Crippen molar-refractivity contribution in [2.45, 2.75) is 23.6 Å². The van der Waals surface area contributed by atoms with E-state index in [1.54, 1.807) is 6.07 Å². The molecule has 2 aromatic rings. The molecule has 19 heavy (non-hydrogen) atoms. The number of H-pyrrole nitrogens is 1. The molecular weight excluding hydrogens is 262 g/mol. The maximum absolute atomic E-state index is 11.9. The minimum Gasteiger partial charge on any atom is -0.469 e. The molecule has 0 radical (unpaired) electrons. The molecule has 0 saturated carbocycles. The van der Waals surface area contributed by atoms with Gasteiger partial charge in [-0.3, -0.25) is 9.59 Å². The summed E-state index contributed by atoms with van der Waals surface area (Å²) in [4.78, 5) is 25.9. The number of aromatic amines is 1. The molecule has 0 bridgehead atoms. The smallest absolute Gasteiger partial charge is 0.306 e. The normalized spacial score (nSPS) is 12.3. The summed E-state index contributed by atoms with van der Waals surface area (Å²) in [6.45, 7) is 1.93. The van der Waals surface area contributed by atoms with Crippen LogP contribution >= 0.6 is 11.8 Å². The number of esters is 1. The summed E-state index contributed by atoms with van der Waals surface area (Å²) in [6.07, 6.45) is 0.315. The van der Waals surface area contributed by atoms with Crippen LogP contribution in [0.5, 0.6) is 0 Å². The van der Waals surface area contributed by atoms with Crippen LogP contribution in [0, 0.1) is 0 Å². The average Bonchev–Trinajstić information content (AvgIpc) is 2.38. The molecule has 0 fully saturated rings. The fourth-order valence-corrected chi connectivity index (χ4v) is 2.83. The molecule has 1 heterocycles. The summed E-state index contributed by atoms with van der Waals surface area (Å²) >= 11 is 1.46. The highest BCUT2D eigenvalue weighted by molar-refractivity contribution is 7.99. The Kier molecular flexibility index (Phi) is 4.27. The zero-order chi connectivity index (χ0) is 13.8. The summed E-state index contributed by atoms with van der Waals surface area (Å²) in [5.74, 6) is -0.247. The highest BCUT2D eigenvalue weighted by Crippen LogP contribution is 2.24. The van der Waals surface area contributed by atoms with Crippen LogP contribution in [0.2, 0.25) is 0 Å². The van der Waals surface area contributed by atoms with Gasteiger partial charge in [0, 0.05) is 10.6 Å². The Morgan fingerprint density at radius 3 is 2.89 bits per heavy atom. The Balaban J connectivity index is 2.22. The van der Waals surface area contributed by atoms with Crippen LogP contribution in [0.15, 0.2) is 40.2 Å². The molecule has 5 heteroatoms. The van der Waals surface area contributed by atoms with E-state index < -0.39 is 0 Å². The van der Waals surface area contributed by atoms with Crippen molar-refractivity contribution < 1.29 is 9.53 Å². The number of hydrogen-bond donors (Lipinski definition) is 1. The van der Waals surface area contributed by atoms with E-state index >= 15 is 0 Å². The van der Waals surface area contributed by atoms with Gasteiger partial charge in [-0.15, -0.1) is 11.8 Å². The molecule has 0 aliphatic carbocycles. The van der Waals surface area contributed by atoms with Crippen LogP contribution in [0.1, 0.15) is 13.3 Å². The second-order valence-corrected chi connectivity index (χ2v) is 5.74. The zero-order valence-corrected chi connectivity index (χ0v) is 11.6. The maximum Gasteiger partial charge on any atom is 0.306 e. The lowest BCUT2D eigenvalue weighted by Gasteiger charge is -2.10. The lowest BCUT2D eigenvalue weighted by molar-refractivity contribution is -0.140. The summed E-state index contributed by atoms with van der Waals surface area (Å²) in [7, 11) is 1.37. The molecule has 4 nitrogen and oxygen atoms in total. The van der Waals surface area contributed by atoms with E-state index in [0.29, 0.717) is 11.8 Å². The number of carbonyl (C=O) groups excluding carboxylic acids is 1. The van der Waals surface area contributed by atoms with Crippen LogP contribution < -0.4 is 5.56 Å². The van der Waals surface area contributed by atoms with E-state index in [1.807, 2.05) is 31.2 Å². The maximum atomic E-state index is 11.9. The van der Waals surface area contributed by atoms with Crippen molar-refractivity contribution in [1.29, 1.82) is 0 Å². The van der Waals surface area contributed by atoms with E-state index in [4.69, 9.17) is 0 Å². The van der Waals surface area contributed by atoms with E-state index in [0.717, 1.165) is 10.4 Å². The molecular formula is C14H15NO3S. The quantitative estimate of drug-likeness (QED) is 0.689. The number of fused-ring (bicyclic) bond motifs is 1. The van der Waals surface area contributed by atoms with Gasteiger partial charge in [0.05, 0.1) is 18.6 Å². The number of carbonyl (C=O) groups is 1. The number of thioether (sulfide) groups is 1. The van der Waals surface area contributed by atoms with Crippen LogP contribution in [0.3, 0.4) is 0 Å². The van der Waals surface area contributed by atoms with Crippen molar-refractivity contribution in [2.24, 2.45) is 0 Å². The Morgan fingerprint density at radius 2 is 2.16 bits per heavy atom. The summed E-state index contributed by atoms with van der Waals surface area (Å²) in [5.41, 5.74) is -0.106. The van der Waals surface area contributed by atoms with Crippen molar-refractivity contribution >= 4 is 28.5 Å². The number of nitrogens with one attached hydrogen (secondary N) is 1. The highest BCUT2D eigenvalue weighted by atomic mass is 32.2. The molecule has 1 aromatic heterocycles. The first kappa shape index (κ1) is 13.7. The molecule has 1 unspecified atom stereocenters. The first-order valence-corrected chi connectivity index (χ1v) is 6.83. The number of rotatable bonds is 4. The van der Waals surface area contributed by atoms with Gasteiger partial charge in [-0.1, -0.05) is 25.1 Å². The minimum atomic E-state index is -0.247. The molecule has 1 aromatic carbocycles. The molecule has 100 valence electrons. The summed E-state index contributed by atoms with van der Waals surface area (Å²) in [5, 5.41) is 2.39. The van der Waals surface area contributed by atoms with E-state index in [2.05, 4.69) is 9.72 Å². The molecule has 0 spiro atoms. The number of methoxy groups -OCH3 is 1. The number of aromatic nitrogens is 1. The molecule has 0 aliphatic rings. The largest absolute Gasteiger partial charge is 0.469 e. The third kappa shape index (κ3) is 3.38. The lowest BCUT2D eigenvalue weighted by atomic mass is 10.2. The number of benzene rings is 1. The predicted molar refractivity (Wildman–Crippen MR) is 76.5 cm³/mol. The van der Waals surface area contributed by atoms with Crippen molar-refractivity contribution in [2.75, 3.05) is 7.11 Å². The highest BCUT2D eigenvalue weighted by Gasteiger charge is 2.12. The van der Waals surface area contributed by atoms with Gasteiger partial charge >= 0.3 is 5.97 Å². The number of pyridine rings is 1. The van der Waals surface area contributed by atoms with Gasteiger partial charge in [-0.2, -0.15) is 0 Å². The molecule has 0 amide bonds. The van der Waals surface area contributed by atoms with Gasteiger partial charge < -0.3 is 9.72 Å². The fraction of sp³-hybridized carbons (Fsp3) is 0.286. The van der Waals surface area contributed by atoms with Crippen molar-refractivity contribution in [3.8, 4) is 0 Å². The van der Waals surface area contributed by atoms with Crippen LogP contribution in [0.25, 0.3) is 10.8 Å². The SMILES string of the molecule is COC(=O)CC(C)Sc1cc2ccccc2c(=O)[nH]1. The van der Waals surface area contributed by atoms with E-state index in [1.165, 1.54) is 18.9 Å². The first-order chi connectivity index (χ1) is 9.10. The van der Waals surface area contributed by atoms with Gasteiger partial charge in [-0.25, -0.2) is 0 Å². The molecule has 2 rings (SSSR count). The minimum absolute atomic E-state index is 0.0456.